The number of aromatic nitrogens is 2. The Morgan fingerprint density at radius 3 is 2.65 bits per heavy atom. The molecule has 0 bridgehead atoms. The lowest BCUT2D eigenvalue weighted by molar-refractivity contribution is 0.286. The van der Waals surface area contributed by atoms with Gasteiger partial charge in [0.05, 0.1) is 11.2 Å². The summed E-state index contributed by atoms with van der Waals surface area (Å²) in [6, 6.07) is 0. The average Bonchev–Trinajstić information content (AvgIpc) is 2.84. The summed E-state index contributed by atoms with van der Waals surface area (Å²) in [4.78, 5) is 4.65. The molecule has 6 heteroatoms. The molecular formula is C14H25N3OS2. The van der Waals surface area contributed by atoms with Gasteiger partial charge < -0.3 is 10.3 Å². The van der Waals surface area contributed by atoms with E-state index in [1.807, 2.05) is 23.5 Å². The summed E-state index contributed by atoms with van der Waals surface area (Å²) in [6.45, 7) is 9.43. The van der Waals surface area contributed by atoms with Gasteiger partial charge in [0.15, 0.2) is 5.82 Å². The summed E-state index contributed by atoms with van der Waals surface area (Å²) in [6.07, 6.45) is 0.966. The van der Waals surface area contributed by atoms with Crippen molar-refractivity contribution in [1.29, 1.82) is 0 Å². The van der Waals surface area contributed by atoms with E-state index < -0.39 is 0 Å². The maximum atomic E-state index is 5.89. The fourth-order valence-electron chi connectivity index (χ4n) is 2.46. The van der Waals surface area contributed by atoms with Gasteiger partial charge in [-0.2, -0.15) is 16.7 Å². The molecule has 0 aromatic carbocycles. The van der Waals surface area contributed by atoms with Gasteiger partial charge in [-0.25, -0.2) is 0 Å². The van der Waals surface area contributed by atoms with Crippen LogP contribution in [0.1, 0.15) is 57.0 Å². The van der Waals surface area contributed by atoms with Gasteiger partial charge in [0.1, 0.15) is 0 Å². The second-order valence-corrected chi connectivity index (χ2v) is 9.29. The highest BCUT2D eigenvalue weighted by Gasteiger charge is 2.30. The molecule has 0 aliphatic carbocycles. The number of hydrogen-bond donors (Lipinski definition) is 1. The van der Waals surface area contributed by atoms with E-state index in [0.29, 0.717) is 22.9 Å². The maximum absolute atomic E-state index is 5.89. The first-order valence-corrected chi connectivity index (χ1v) is 9.27. The van der Waals surface area contributed by atoms with Crippen LogP contribution in [0.4, 0.5) is 0 Å². The molecule has 0 amide bonds. The molecule has 1 saturated heterocycles. The first kappa shape index (κ1) is 16.2. The minimum absolute atomic E-state index is 0.160. The Morgan fingerprint density at radius 2 is 2.05 bits per heavy atom. The van der Waals surface area contributed by atoms with Crippen molar-refractivity contribution >= 4 is 23.5 Å². The zero-order chi connectivity index (χ0) is 14.8. The van der Waals surface area contributed by atoms with E-state index in [4.69, 9.17) is 10.3 Å². The lowest BCUT2D eigenvalue weighted by Crippen LogP contribution is -2.20. The van der Waals surface area contributed by atoms with Crippen molar-refractivity contribution in [2.24, 2.45) is 11.1 Å². The SMILES string of the molecule is CC1SCCSC1c1noc(C(CN)CC(C)(C)C)n1. The summed E-state index contributed by atoms with van der Waals surface area (Å²) < 4.78 is 5.50. The van der Waals surface area contributed by atoms with Crippen molar-refractivity contribution in [2.45, 2.75) is 50.5 Å². The molecule has 114 valence electrons. The van der Waals surface area contributed by atoms with Crippen LogP contribution < -0.4 is 5.73 Å². The van der Waals surface area contributed by atoms with Gasteiger partial charge in [-0.15, -0.1) is 11.8 Å². The Bertz CT molecular complexity index is 430. The standard InChI is InChI=1S/C14H25N3OS2/c1-9-11(20-6-5-19-9)12-16-13(18-17-12)10(8-15)7-14(2,3)4/h9-11H,5-8,15H2,1-4H3. The smallest absolute Gasteiger partial charge is 0.231 e. The highest BCUT2D eigenvalue weighted by atomic mass is 32.2. The van der Waals surface area contributed by atoms with E-state index in [-0.39, 0.29) is 11.3 Å². The van der Waals surface area contributed by atoms with E-state index in [1.54, 1.807) is 0 Å². The molecule has 1 aromatic heterocycles. The molecule has 20 heavy (non-hydrogen) atoms. The van der Waals surface area contributed by atoms with E-state index in [1.165, 1.54) is 5.75 Å². The maximum Gasteiger partial charge on any atom is 0.231 e. The van der Waals surface area contributed by atoms with Gasteiger partial charge in [0, 0.05) is 23.3 Å². The normalized spacial score (nSPS) is 25.6. The number of thioether (sulfide) groups is 2. The number of nitrogens with two attached hydrogens (primary N) is 1. The number of nitrogens with zero attached hydrogens (tertiary/aromatic N) is 2. The Balaban J connectivity index is 2.10. The molecule has 0 spiro atoms. The van der Waals surface area contributed by atoms with E-state index >= 15 is 0 Å². The summed E-state index contributed by atoms with van der Waals surface area (Å²) in [7, 11) is 0. The fourth-order valence-corrected chi connectivity index (χ4v) is 5.14. The minimum atomic E-state index is 0.160. The van der Waals surface area contributed by atoms with Crippen LogP contribution in [-0.2, 0) is 0 Å². The molecule has 1 aliphatic rings. The van der Waals surface area contributed by atoms with Crippen molar-refractivity contribution in [1.82, 2.24) is 10.1 Å². The molecule has 3 atom stereocenters. The highest BCUT2D eigenvalue weighted by molar-refractivity contribution is 8.06. The van der Waals surface area contributed by atoms with Crippen molar-refractivity contribution in [3.8, 4) is 0 Å². The Kier molecular flexibility index (Phi) is 5.42. The second-order valence-electron chi connectivity index (χ2n) is 6.56. The van der Waals surface area contributed by atoms with Crippen LogP contribution in [0, 0.1) is 5.41 Å². The van der Waals surface area contributed by atoms with Crippen LogP contribution in [0.5, 0.6) is 0 Å². The van der Waals surface area contributed by atoms with Gasteiger partial charge in [-0.1, -0.05) is 32.9 Å². The summed E-state index contributed by atoms with van der Waals surface area (Å²) >= 11 is 3.92. The molecule has 4 nitrogen and oxygen atoms in total. The van der Waals surface area contributed by atoms with Gasteiger partial charge in [0.2, 0.25) is 5.89 Å². The van der Waals surface area contributed by atoms with E-state index in [2.05, 4.69) is 37.8 Å². The van der Waals surface area contributed by atoms with Crippen LogP contribution in [0.3, 0.4) is 0 Å². The van der Waals surface area contributed by atoms with Gasteiger partial charge in [-0.05, 0) is 11.8 Å². The van der Waals surface area contributed by atoms with E-state index in [9.17, 15) is 0 Å². The molecule has 3 unspecified atom stereocenters. The Labute approximate surface area is 130 Å². The summed E-state index contributed by atoms with van der Waals surface area (Å²) in [5, 5.41) is 5.10. The molecule has 2 N–H and O–H groups in total. The summed E-state index contributed by atoms with van der Waals surface area (Å²) in [5.74, 6) is 4.08. The average molecular weight is 316 g/mol. The first-order valence-electron chi connectivity index (χ1n) is 7.17. The van der Waals surface area contributed by atoms with Crippen LogP contribution >= 0.6 is 23.5 Å². The van der Waals surface area contributed by atoms with Crippen LogP contribution in [0.15, 0.2) is 4.52 Å². The monoisotopic (exact) mass is 315 g/mol. The highest BCUT2D eigenvalue weighted by Crippen LogP contribution is 2.41. The summed E-state index contributed by atoms with van der Waals surface area (Å²) in [5.41, 5.74) is 6.10. The predicted molar refractivity (Wildman–Crippen MR) is 87.3 cm³/mol. The quantitative estimate of drug-likeness (QED) is 0.918. The number of rotatable bonds is 4. The molecular weight excluding hydrogens is 290 g/mol. The largest absolute Gasteiger partial charge is 0.339 e. The van der Waals surface area contributed by atoms with Crippen LogP contribution in [-0.4, -0.2) is 33.4 Å². The molecule has 2 heterocycles. The molecule has 0 saturated carbocycles. The third-order valence-corrected chi connectivity index (χ3v) is 6.48. The lowest BCUT2D eigenvalue weighted by Gasteiger charge is -2.25. The molecule has 1 aliphatic heterocycles. The Morgan fingerprint density at radius 1 is 1.35 bits per heavy atom. The molecule has 1 fully saturated rings. The molecule has 2 rings (SSSR count). The van der Waals surface area contributed by atoms with E-state index in [0.717, 1.165) is 18.0 Å². The third kappa shape index (κ3) is 4.15. The first-order chi connectivity index (χ1) is 9.40. The fraction of sp³-hybridized carbons (Fsp3) is 0.857. The zero-order valence-corrected chi connectivity index (χ0v) is 14.4. The van der Waals surface area contributed by atoms with Gasteiger partial charge >= 0.3 is 0 Å². The van der Waals surface area contributed by atoms with Crippen molar-refractivity contribution in [3.05, 3.63) is 11.7 Å². The predicted octanol–water partition coefficient (Wildman–Crippen LogP) is 3.46. The second kappa shape index (κ2) is 6.71. The number of hydrogen-bond acceptors (Lipinski definition) is 6. The third-order valence-electron chi connectivity index (χ3n) is 3.39. The van der Waals surface area contributed by atoms with Gasteiger partial charge in [-0.3, -0.25) is 0 Å². The topological polar surface area (TPSA) is 64.9 Å². The van der Waals surface area contributed by atoms with Crippen molar-refractivity contribution in [2.75, 3.05) is 18.1 Å². The minimum Gasteiger partial charge on any atom is -0.339 e. The van der Waals surface area contributed by atoms with Crippen molar-refractivity contribution < 1.29 is 4.52 Å². The van der Waals surface area contributed by atoms with Crippen LogP contribution in [0.2, 0.25) is 0 Å². The Hall–Kier alpha value is -0.200. The van der Waals surface area contributed by atoms with Crippen LogP contribution in [0.25, 0.3) is 0 Å². The van der Waals surface area contributed by atoms with Crippen molar-refractivity contribution in [3.63, 3.8) is 0 Å². The molecule has 0 radical (unpaired) electrons. The van der Waals surface area contributed by atoms with Gasteiger partial charge in [0.25, 0.3) is 0 Å². The zero-order valence-electron chi connectivity index (χ0n) is 12.8. The lowest BCUT2D eigenvalue weighted by atomic mass is 9.84. The molecule has 1 aromatic rings.